The van der Waals surface area contributed by atoms with Crippen molar-refractivity contribution in [1.82, 2.24) is 5.43 Å². The van der Waals surface area contributed by atoms with Crippen LogP contribution in [0.1, 0.15) is 18.1 Å². The molecule has 25 heavy (non-hydrogen) atoms. The van der Waals surface area contributed by atoms with Gasteiger partial charge in [0.1, 0.15) is 0 Å². The Kier molecular flexibility index (Phi) is 6.11. The zero-order valence-corrected chi connectivity index (χ0v) is 13.9. The van der Waals surface area contributed by atoms with Gasteiger partial charge in [0.05, 0.1) is 12.8 Å². The molecule has 130 valence electrons. The molecule has 0 aromatic heterocycles. The lowest BCUT2D eigenvalue weighted by molar-refractivity contribution is -0.136. The average Bonchev–Trinajstić information content (AvgIpc) is 2.59. The molecule has 2 aromatic rings. The second kappa shape index (κ2) is 8.49. The Hall–Kier alpha value is -3.35. The van der Waals surface area contributed by atoms with Gasteiger partial charge in [0, 0.05) is 5.69 Å². The summed E-state index contributed by atoms with van der Waals surface area (Å²) < 4.78 is 5.26. The number of para-hydroxylation sites is 1. The van der Waals surface area contributed by atoms with Crippen molar-refractivity contribution < 1.29 is 19.4 Å². The van der Waals surface area contributed by atoms with Crippen LogP contribution in [0.2, 0.25) is 0 Å². The Morgan fingerprint density at radius 2 is 1.96 bits per heavy atom. The van der Waals surface area contributed by atoms with Gasteiger partial charge >= 0.3 is 11.8 Å². The number of carbonyl (C=O) groups excluding carboxylic acids is 2. The van der Waals surface area contributed by atoms with Crippen LogP contribution < -0.4 is 15.5 Å². The quantitative estimate of drug-likeness (QED) is 0.441. The van der Waals surface area contributed by atoms with Gasteiger partial charge < -0.3 is 15.2 Å². The summed E-state index contributed by atoms with van der Waals surface area (Å²) in [5, 5.41) is 15.9. The van der Waals surface area contributed by atoms with E-state index in [2.05, 4.69) is 15.8 Å². The minimum atomic E-state index is -0.886. The number of amides is 2. The van der Waals surface area contributed by atoms with E-state index < -0.39 is 11.8 Å². The van der Waals surface area contributed by atoms with Crippen LogP contribution in [0.25, 0.3) is 0 Å². The summed E-state index contributed by atoms with van der Waals surface area (Å²) in [7, 11) is 0. The lowest BCUT2D eigenvalue weighted by Gasteiger charge is -2.07. The number of nitrogens with zero attached hydrogens (tertiary/aromatic N) is 1. The zero-order chi connectivity index (χ0) is 18.2. The summed E-state index contributed by atoms with van der Waals surface area (Å²) in [6, 6.07) is 11.8. The summed E-state index contributed by atoms with van der Waals surface area (Å²) in [6.07, 6.45) is 1.35. The number of ether oxygens (including phenoxy) is 1. The van der Waals surface area contributed by atoms with Crippen LogP contribution in [0.4, 0.5) is 5.69 Å². The Morgan fingerprint density at radius 3 is 2.68 bits per heavy atom. The predicted molar refractivity (Wildman–Crippen MR) is 94.8 cm³/mol. The third-order valence-electron chi connectivity index (χ3n) is 3.26. The fourth-order valence-corrected chi connectivity index (χ4v) is 1.99. The molecular formula is C18H19N3O4. The Balaban J connectivity index is 1.95. The van der Waals surface area contributed by atoms with Gasteiger partial charge in [-0.2, -0.15) is 5.10 Å². The van der Waals surface area contributed by atoms with Crippen LogP contribution in [0.3, 0.4) is 0 Å². The van der Waals surface area contributed by atoms with E-state index in [9.17, 15) is 14.7 Å². The van der Waals surface area contributed by atoms with Crippen LogP contribution in [0.5, 0.6) is 11.5 Å². The first-order chi connectivity index (χ1) is 12.0. The second-order valence-corrected chi connectivity index (χ2v) is 5.13. The molecule has 2 aromatic carbocycles. The topological polar surface area (TPSA) is 100 Å². The molecule has 0 unspecified atom stereocenters. The second-order valence-electron chi connectivity index (χ2n) is 5.13. The Labute approximate surface area is 145 Å². The Bertz CT molecular complexity index is 803. The molecule has 0 spiro atoms. The number of phenols is 1. The molecule has 7 nitrogen and oxygen atoms in total. The molecule has 0 bridgehead atoms. The van der Waals surface area contributed by atoms with Crippen LogP contribution in [-0.2, 0) is 9.59 Å². The highest BCUT2D eigenvalue weighted by Gasteiger charge is 2.13. The molecule has 7 heteroatoms. The molecule has 0 radical (unpaired) electrons. The van der Waals surface area contributed by atoms with Crippen molar-refractivity contribution in [1.29, 1.82) is 0 Å². The normalized spacial score (nSPS) is 10.5. The van der Waals surface area contributed by atoms with Crippen LogP contribution >= 0.6 is 0 Å². The van der Waals surface area contributed by atoms with Gasteiger partial charge in [0.25, 0.3) is 0 Å². The number of aryl methyl sites for hydroxylation is 1. The fraction of sp³-hybridized carbons (Fsp3) is 0.167. The van der Waals surface area contributed by atoms with E-state index in [-0.39, 0.29) is 5.75 Å². The molecule has 0 aliphatic heterocycles. The van der Waals surface area contributed by atoms with Gasteiger partial charge in [0.15, 0.2) is 11.5 Å². The molecule has 0 atom stereocenters. The number of aromatic hydroxyl groups is 1. The maximum atomic E-state index is 11.8. The summed E-state index contributed by atoms with van der Waals surface area (Å²) in [5.74, 6) is -1.37. The SMILES string of the molecule is CCOc1cc(/C=N/NC(=O)C(=O)Nc2ccccc2C)ccc1O. The van der Waals surface area contributed by atoms with Crippen molar-refractivity contribution in [3.8, 4) is 11.5 Å². The zero-order valence-electron chi connectivity index (χ0n) is 13.9. The number of hydrazone groups is 1. The van der Waals surface area contributed by atoms with Crippen molar-refractivity contribution in [2.45, 2.75) is 13.8 Å². The van der Waals surface area contributed by atoms with E-state index in [1.54, 1.807) is 31.2 Å². The molecule has 0 heterocycles. The highest BCUT2D eigenvalue weighted by molar-refractivity contribution is 6.39. The van der Waals surface area contributed by atoms with Crippen molar-refractivity contribution >= 4 is 23.7 Å². The lowest BCUT2D eigenvalue weighted by atomic mass is 10.2. The summed E-state index contributed by atoms with van der Waals surface area (Å²) in [6.45, 7) is 4.03. The molecule has 2 amide bonds. The van der Waals surface area contributed by atoms with Crippen LogP contribution in [0, 0.1) is 6.92 Å². The van der Waals surface area contributed by atoms with Gasteiger partial charge in [-0.1, -0.05) is 18.2 Å². The predicted octanol–water partition coefficient (Wildman–Crippen LogP) is 2.19. The number of phenolic OH excluding ortho intramolecular Hbond substituents is 1. The molecule has 2 rings (SSSR count). The molecule has 0 saturated carbocycles. The number of anilines is 1. The van der Waals surface area contributed by atoms with Crippen molar-refractivity contribution in [2.24, 2.45) is 5.10 Å². The third-order valence-corrected chi connectivity index (χ3v) is 3.26. The lowest BCUT2D eigenvalue weighted by Crippen LogP contribution is -2.32. The summed E-state index contributed by atoms with van der Waals surface area (Å²) in [5.41, 5.74) is 4.16. The van der Waals surface area contributed by atoms with Crippen molar-refractivity contribution in [3.63, 3.8) is 0 Å². The van der Waals surface area contributed by atoms with Crippen LogP contribution in [-0.4, -0.2) is 29.7 Å². The maximum Gasteiger partial charge on any atom is 0.329 e. The molecule has 0 fully saturated rings. The maximum absolute atomic E-state index is 11.8. The van der Waals surface area contributed by atoms with E-state index in [4.69, 9.17) is 4.74 Å². The van der Waals surface area contributed by atoms with Crippen LogP contribution in [0.15, 0.2) is 47.6 Å². The average molecular weight is 341 g/mol. The van der Waals surface area contributed by atoms with E-state index in [1.165, 1.54) is 12.3 Å². The van der Waals surface area contributed by atoms with E-state index in [1.807, 2.05) is 19.1 Å². The van der Waals surface area contributed by atoms with Gasteiger partial charge in [-0.15, -0.1) is 0 Å². The summed E-state index contributed by atoms with van der Waals surface area (Å²) >= 11 is 0. The minimum Gasteiger partial charge on any atom is -0.504 e. The van der Waals surface area contributed by atoms with Crippen molar-refractivity contribution in [2.75, 3.05) is 11.9 Å². The molecule has 3 N–H and O–H groups in total. The molecule has 0 saturated heterocycles. The summed E-state index contributed by atoms with van der Waals surface area (Å²) in [4.78, 5) is 23.6. The minimum absolute atomic E-state index is 0.0145. The number of nitrogens with one attached hydrogen (secondary N) is 2. The van der Waals surface area contributed by atoms with E-state index in [0.29, 0.717) is 23.6 Å². The standard InChI is InChI=1S/C18H19N3O4/c1-3-25-16-10-13(8-9-15(16)22)11-19-21-18(24)17(23)20-14-7-5-4-6-12(14)2/h4-11,22H,3H2,1-2H3,(H,20,23)(H,21,24)/b19-11+. The molecule has 0 aliphatic carbocycles. The highest BCUT2D eigenvalue weighted by atomic mass is 16.5. The van der Waals surface area contributed by atoms with Crippen molar-refractivity contribution in [3.05, 3.63) is 53.6 Å². The number of rotatable bonds is 5. The molecule has 0 aliphatic rings. The van der Waals surface area contributed by atoms with E-state index in [0.717, 1.165) is 5.56 Å². The van der Waals surface area contributed by atoms with Gasteiger partial charge in [0.2, 0.25) is 0 Å². The van der Waals surface area contributed by atoms with Gasteiger partial charge in [-0.05, 0) is 49.2 Å². The number of hydrogen-bond acceptors (Lipinski definition) is 5. The largest absolute Gasteiger partial charge is 0.504 e. The van der Waals surface area contributed by atoms with E-state index >= 15 is 0 Å². The first-order valence-electron chi connectivity index (χ1n) is 7.67. The molecular weight excluding hydrogens is 322 g/mol. The number of hydrogen-bond donors (Lipinski definition) is 3. The third kappa shape index (κ3) is 5.07. The highest BCUT2D eigenvalue weighted by Crippen LogP contribution is 2.26. The number of benzene rings is 2. The monoisotopic (exact) mass is 341 g/mol. The smallest absolute Gasteiger partial charge is 0.329 e. The fourth-order valence-electron chi connectivity index (χ4n) is 1.99. The first kappa shape index (κ1) is 18.0. The first-order valence-corrected chi connectivity index (χ1v) is 7.67. The van der Waals surface area contributed by atoms with Gasteiger partial charge in [-0.3, -0.25) is 9.59 Å². The van der Waals surface area contributed by atoms with Gasteiger partial charge in [-0.25, -0.2) is 5.43 Å². The Morgan fingerprint density at radius 1 is 1.20 bits per heavy atom. The number of carbonyl (C=O) groups is 2.